The first kappa shape index (κ1) is 21.4. The molecule has 1 saturated heterocycles. The molecule has 1 fully saturated rings. The lowest BCUT2D eigenvalue weighted by Crippen LogP contribution is -2.39. The highest BCUT2D eigenvalue weighted by Crippen LogP contribution is 2.32. The highest BCUT2D eigenvalue weighted by molar-refractivity contribution is 5.81. The summed E-state index contributed by atoms with van der Waals surface area (Å²) in [7, 11) is 1.89. The fourth-order valence-electron chi connectivity index (χ4n) is 3.43. The number of hydrogen-bond acceptors (Lipinski definition) is 9. The average molecular weight is 407 g/mol. The minimum absolute atomic E-state index is 0.0427. The zero-order valence-corrected chi connectivity index (χ0v) is 16.7. The zero-order chi connectivity index (χ0) is 21.0. The van der Waals surface area contributed by atoms with Gasteiger partial charge in [-0.25, -0.2) is 15.0 Å². The molecule has 160 valence electrons. The second-order valence-electron chi connectivity index (χ2n) is 7.34. The minimum atomic E-state index is -1.14. The van der Waals surface area contributed by atoms with Crippen molar-refractivity contribution in [2.75, 3.05) is 32.4 Å². The molecule has 1 aliphatic rings. The van der Waals surface area contributed by atoms with Gasteiger partial charge in [0.25, 0.3) is 0 Å². The molecular formula is C18H29N7O4. The molecule has 1 amide bonds. The zero-order valence-electron chi connectivity index (χ0n) is 16.7. The molecule has 0 bridgehead atoms. The van der Waals surface area contributed by atoms with Crippen LogP contribution >= 0.6 is 0 Å². The Hall–Kier alpha value is -2.34. The maximum atomic E-state index is 11.7. The SMILES string of the molecule is CCCNC(=O)CCCN(C)C[C@H]1O[C@@H](n2cnc3c(N)ncnc32)[C@H](O)[C@@H]1O. The Balaban J connectivity index is 1.56. The van der Waals surface area contributed by atoms with Crippen LogP contribution in [0.25, 0.3) is 11.2 Å². The van der Waals surface area contributed by atoms with Crippen molar-refractivity contribution in [3.63, 3.8) is 0 Å². The van der Waals surface area contributed by atoms with Gasteiger partial charge in [-0.2, -0.15) is 0 Å². The maximum Gasteiger partial charge on any atom is 0.220 e. The molecule has 0 aromatic carbocycles. The minimum Gasteiger partial charge on any atom is -0.387 e. The fourth-order valence-corrected chi connectivity index (χ4v) is 3.43. The Labute approximate surface area is 168 Å². The maximum absolute atomic E-state index is 11.7. The van der Waals surface area contributed by atoms with Crippen LogP contribution in [0, 0.1) is 0 Å². The molecule has 3 rings (SSSR count). The number of amides is 1. The van der Waals surface area contributed by atoms with Crippen LogP contribution in [-0.4, -0.2) is 85.5 Å². The van der Waals surface area contributed by atoms with Crippen LogP contribution in [0.3, 0.4) is 0 Å². The molecule has 11 nitrogen and oxygen atoms in total. The molecule has 0 radical (unpaired) electrons. The number of nitrogens with zero attached hydrogens (tertiary/aromatic N) is 5. The summed E-state index contributed by atoms with van der Waals surface area (Å²) >= 11 is 0. The number of aliphatic hydroxyl groups excluding tert-OH is 2. The number of likely N-dealkylation sites (N-methyl/N-ethyl adjacent to an activating group) is 1. The topological polar surface area (TPSA) is 152 Å². The predicted molar refractivity (Wildman–Crippen MR) is 106 cm³/mol. The Morgan fingerprint density at radius 1 is 1.34 bits per heavy atom. The molecule has 4 atom stereocenters. The van der Waals surface area contributed by atoms with Gasteiger partial charge in [-0.15, -0.1) is 0 Å². The van der Waals surface area contributed by atoms with E-state index in [4.69, 9.17) is 10.5 Å². The van der Waals surface area contributed by atoms with Crippen LogP contribution in [0.2, 0.25) is 0 Å². The molecule has 0 aliphatic carbocycles. The number of aliphatic hydroxyl groups is 2. The third kappa shape index (κ3) is 4.81. The summed E-state index contributed by atoms with van der Waals surface area (Å²) in [5, 5.41) is 23.8. The Kier molecular flexibility index (Phi) is 6.96. The third-order valence-electron chi connectivity index (χ3n) is 5.01. The number of aromatic nitrogens is 4. The fraction of sp³-hybridized carbons (Fsp3) is 0.667. The predicted octanol–water partition coefficient (Wildman–Crippen LogP) is -0.734. The molecule has 2 aromatic heterocycles. The van der Waals surface area contributed by atoms with Crippen molar-refractivity contribution in [3.05, 3.63) is 12.7 Å². The van der Waals surface area contributed by atoms with Crippen LogP contribution < -0.4 is 11.1 Å². The second kappa shape index (κ2) is 9.44. The van der Waals surface area contributed by atoms with Crippen molar-refractivity contribution in [1.82, 2.24) is 29.7 Å². The summed E-state index contributed by atoms with van der Waals surface area (Å²) in [6.07, 6.45) is 1.22. The number of nitrogens with one attached hydrogen (secondary N) is 1. The number of anilines is 1. The van der Waals surface area contributed by atoms with Gasteiger partial charge in [0.1, 0.15) is 30.2 Å². The molecule has 0 unspecified atom stereocenters. The molecule has 3 heterocycles. The number of nitrogens with two attached hydrogens (primary N) is 1. The standard InChI is InChI=1S/C18H29N7O4/c1-3-6-20-12(26)5-4-7-24(2)8-11-14(27)15(28)18(29-11)25-10-23-13-16(19)21-9-22-17(13)25/h9-11,14-15,18,27-28H,3-8H2,1-2H3,(H,20,26)(H2,19,21,22)/t11-,14-,15-,18-/m1/s1. The van der Waals surface area contributed by atoms with Crippen molar-refractivity contribution in [2.45, 2.75) is 50.7 Å². The molecule has 2 aromatic rings. The van der Waals surface area contributed by atoms with Gasteiger partial charge in [0.2, 0.25) is 5.91 Å². The summed E-state index contributed by atoms with van der Waals surface area (Å²) in [6.45, 7) is 3.78. The van der Waals surface area contributed by atoms with E-state index in [0.717, 1.165) is 6.42 Å². The first-order valence-electron chi connectivity index (χ1n) is 9.82. The van der Waals surface area contributed by atoms with E-state index in [1.54, 1.807) is 4.57 Å². The largest absolute Gasteiger partial charge is 0.387 e. The number of ether oxygens (including phenoxy) is 1. The number of rotatable bonds is 9. The van der Waals surface area contributed by atoms with E-state index in [-0.39, 0.29) is 11.7 Å². The van der Waals surface area contributed by atoms with Crippen LogP contribution in [0.4, 0.5) is 5.82 Å². The van der Waals surface area contributed by atoms with Crippen molar-refractivity contribution in [3.8, 4) is 0 Å². The van der Waals surface area contributed by atoms with Crippen molar-refractivity contribution < 1.29 is 19.7 Å². The number of hydrogen-bond donors (Lipinski definition) is 4. The van der Waals surface area contributed by atoms with E-state index >= 15 is 0 Å². The quantitative estimate of drug-likeness (QED) is 0.421. The van der Waals surface area contributed by atoms with E-state index in [9.17, 15) is 15.0 Å². The van der Waals surface area contributed by atoms with Crippen molar-refractivity contribution in [2.24, 2.45) is 0 Å². The highest BCUT2D eigenvalue weighted by Gasteiger charge is 2.44. The summed E-state index contributed by atoms with van der Waals surface area (Å²) in [5.41, 5.74) is 6.65. The molecule has 0 saturated carbocycles. The lowest BCUT2D eigenvalue weighted by atomic mass is 10.1. The van der Waals surface area contributed by atoms with Gasteiger partial charge in [-0.3, -0.25) is 9.36 Å². The summed E-state index contributed by atoms with van der Waals surface area (Å²) in [4.78, 5) is 25.9. The Bertz CT molecular complexity index is 830. The van der Waals surface area contributed by atoms with Crippen molar-refractivity contribution >= 4 is 22.9 Å². The first-order valence-corrected chi connectivity index (χ1v) is 9.82. The third-order valence-corrected chi connectivity index (χ3v) is 5.01. The smallest absolute Gasteiger partial charge is 0.220 e. The molecule has 0 spiro atoms. The first-order chi connectivity index (χ1) is 13.9. The normalized spacial score (nSPS) is 24.4. The summed E-state index contributed by atoms with van der Waals surface area (Å²) in [6, 6.07) is 0. The van der Waals surface area contributed by atoms with Gasteiger partial charge < -0.3 is 30.9 Å². The lowest BCUT2D eigenvalue weighted by molar-refractivity contribution is -0.121. The number of carbonyl (C=O) groups is 1. The number of fused-ring (bicyclic) bond motifs is 1. The van der Waals surface area contributed by atoms with Crippen LogP contribution in [0.1, 0.15) is 32.4 Å². The number of imidazole rings is 1. The van der Waals surface area contributed by atoms with E-state index in [1.807, 2.05) is 18.9 Å². The average Bonchev–Trinajstić information content (AvgIpc) is 3.24. The van der Waals surface area contributed by atoms with Gasteiger partial charge in [0, 0.05) is 19.5 Å². The summed E-state index contributed by atoms with van der Waals surface area (Å²) < 4.78 is 7.49. The molecule has 1 aliphatic heterocycles. The van der Waals surface area contributed by atoms with E-state index in [2.05, 4.69) is 20.3 Å². The summed E-state index contributed by atoms with van der Waals surface area (Å²) in [5.74, 6) is 0.280. The van der Waals surface area contributed by atoms with Gasteiger partial charge >= 0.3 is 0 Å². The van der Waals surface area contributed by atoms with Gasteiger partial charge in [0.15, 0.2) is 17.7 Å². The van der Waals surface area contributed by atoms with E-state index in [0.29, 0.717) is 43.6 Å². The van der Waals surface area contributed by atoms with Gasteiger partial charge in [-0.1, -0.05) is 6.92 Å². The van der Waals surface area contributed by atoms with Crippen LogP contribution in [-0.2, 0) is 9.53 Å². The van der Waals surface area contributed by atoms with Crippen LogP contribution in [0.5, 0.6) is 0 Å². The van der Waals surface area contributed by atoms with E-state index in [1.165, 1.54) is 12.7 Å². The number of carbonyl (C=O) groups excluding carboxylic acids is 1. The number of nitrogen functional groups attached to an aromatic ring is 1. The van der Waals surface area contributed by atoms with Crippen LogP contribution in [0.15, 0.2) is 12.7 Å². The Morgan fingerprint density at radius 3 is 2.90 bits per heavy atom. The highest BCUT2D eigenvalue weighted by atomic mass is 16.6. The lowest BCUT2D eigenvalue weighted by Gasteiger charge is -2.22. The van der Waals surface area contributed by atoms with Crippen molar-refractivity contribution in [1.29, 1.82) is 0 Å². The molecule has 11 heteroatoms. The molecular weight excluding hydrogens is 378 g/mol. The second-order valence-corrected chi connectivity index (χ2v) is 7.34. The van der Waals surface area contributed by atoms with Gasteiger partial charge in [0.05, 0.1) is 6.33 Å². The Morgan fingerprint density at radius 2 is 2.14 bits per heavy atom. The van der Waals surface area contributed by atoms with Gasteiger partial charge in [-0.05, 0) is 26.4 Å². The van der Waals surface area contributed by atoms with E-state index < -0.39 is 24.5 Å². The molecule has 29 heavy (non-hydrogen) atoms. The molecule has 5 N–H and O–H groups in total. The monoisotopic (exact) mass is 407 g/mol.